The highest BCUT2D eigenvalue weighted by Crippen LogP contribution is 2.11. The maximum Gasteiger partial charge on any atom is 0.270 e. The lowest BCUT2D eigenvalue weighted by Gasteiger charge is -2.03. The van der Waals surface area contributed by atoms with Crippen molar-refractivity contribution < 1.29 is 14.6 Å². The molecule has 0 N–H and O–H groups in total. The predicted molar refractivity (Wildman–Crippen MR) is 82.0 cm³/mol. The largest absolute Gasteiger partial charge is 0.856 e. The molecule has 0 aliphatic carbocycles. The van der Waals surface area contributed by atoms with Crippen molar-refractivity contribution in [2.24, 2.45) is 10.2 Å². The topological polar surface area (TPSA) is 94.8 Å². The molecule has 0 saturated carbocycles. The van der Waals surface area contributed by atoms with Crippen LogP contribution in [0.15, 0.2) is 65.1 Å². The molecule has 0 aliphatic heterocycles. The zero-order valence-electron chi connectivity index (χ0n) is 11.4. The molecule has 2 rings (SSSR count). The Morgan fingerprint density at radius 3 is 2.64 bits per heavy atom. The van der Waals surface area contributed by atoms with Gasteiger partial charge >= 0.3 is 0 Å². The van der Waals surface area contributed by atoms with Crippen molar-refractivity contribution in [2.75, 3.05) is 0 Å². The lowest BCUT2D eigenvalue weighted by Crippen LogP contribution is -2.41. The van der Waals surface area contributed by atoms with Crippen LogP contribution in [0.2, 0.25) is 0 Å². The van der Waals surface area contributed by atoms with Gasteiger partial charge in [-0.2, -0.15) is 10.2 Å². The molecule has 0 atom stereocenters. The molecule has 1 aromatic heterocycles. The molecule has 114 valence electrons. The third-order valence-corrected chi connectivity index (χ3v) is 2.55. The molecule has 0 radical (unpaired) electrons. The third kappa shape index (κ3) is 5.29. The minimum absolute atomic E-state index is 0. The van der Waals surface area contributed by atoms with E-state index in [-0.39, 0.29) is 24.6 Å². The Morgan fingerprint density at radius 2 is 1.95 bits per heavy atom. The molecule has 0 fully saturated rings. The number of benzene rings is 1. The van der Waals surface area contributed by atoms with Crippen LogP contribution in [-0.4, -0.2) is 17.0 Å². The molecule has 2 aromatic rings. The molecular weight excluding hydrogens is 308 g/mol. The van der Waals surface area contributed by atoms with Crippen molar-refractivity contribution in [2.45, 2.75) is 6.54 Å². The van der Waals surface area contributed by atoms with Gasteiger partial charge in [-0.25, -0.2) is 4.57 Å². The van der Waals surface area contributed by atoms with Crippen molar-refractivity contribution in [1.82, 2.24) is 0 Å². The second-order valence-electron chi connectivity index (χ2n) is 4.14. The number of nitrogens with zero attached hydrogens (tertiary/aromatic N) is 4. The Bertz CT molecular complexity index is 689. The van der Waals surface area contributed by atoms with Gasteiger partial charge in [0.25, 0.3) is 5.69 Å². The smallest absolute Gasteiger partial charge is 0.270 e. The molecule has 0 bridgehead atoms. The molecule has 0 amide bonds. The summed E-state index contributed by atoms with van der Waals surface area (Å²) in [5, 5.41) is 29.4. The van der Waals surface area contributed by atoms with Gasteiger partial charge in [-0.3, -0.25) is 10.1 Å². The highest BCUT2D eigenvalue weighted by Gasteiger charge is 2.03. The minimum atomic E-state index is -0.494. The Balaban J connectivity index is 0.00000242. The SMILES string of the molecule is Cl.O=[N+]([O-])c1cccc(/C=N/N=C(\[O-])C[n+]2ccccc2)c1. The Kier molecular flexibility index (Phi) is 6.65. The molecule has 22 heavy (non-hydrogen) atoms. The van der Waals surface area contributed by atoms with Gasteiger partial charge in [-0.05, 0) is 0 Å². The highest BCUT2D eigenvalue weighted by atomic mass is 35.5. The first kappa shape index (κ1) is 17.3. The Morgan fingerprint density at radius 1 is 1.23 bits per heavy atom. The predicted octanol–water partition coefficient (Wildman–Crippen LogP) is 1.10. The molecule has 8 heteroatoms. The van der Waals surface area contributed by atoms with Crippen LogP contribution in [0.4, 0.5) is 5.69 Å². The van der Waals surface area contributed by atoms with Crippen molar-refractivity contribution >= 4 is 30.2 Å². The zero-order chi connectivity index (χ0) is 15.1. The normalized spacial score (nSPS) is 11.2. The summed E-state index contributed by atoms with van der Waals surface area (Å²) in [7, 11) is 0. The molecule has 1 aromatic carbocycles. The van der Waals surface area contributed by atoms with Crippen LogP contribution in [0, 0.1) is 10.1 Å². The van der Waals surface area contributed by atoms with Crippen LogP contribution in [0.25, 0.3) is 0 Å². The lowest BCUT2D eigenvalue weighted by atomic mass is 10.2. The standard InChI is InChI=1S/C14H12N4O3.ClH/c19-14(11-17-7-2-1-3-8-17)16-15-10-12-5-4-6-13(9-12)18(20)21;/h1-10H,11H2;1H/b15-10+;. The van der Waals surface area contributed by atoms with E-state index in [0.29, 0.717) is 5.56 Å². The van der Waals surface area contributed by atoms with E-state index in [0.717, 1.165) is 0 Å². The molecular formula is C14H13ClN4O3. The summed E-state index contributed by atoms with van der Waals surface area (Å²) >= 11 is 0. The van der Waals surface area contributed by atoms with Crippen LogP contribution in [0.1, 0.15) is 5.56 Å². The number of aromatic nitrogens is 1. The molecule has 0 unspecified atom stereocenters. The Labute approximate surface area is 132 Å². The fourth-order valence-electron chi connectivity index (χ4n) is 1.61. The maximum absolute atomic E-state index is 11.6. The van der Waals surface area contributed by atoms with Gasteiger partial charge < -0.3 is 5.11 Å². The first-order valence-corrected chi connectivity index (χ1v) is 6.10. The number of rotatable bonds is 5. The zero-order valence-corrected chi connectivity index (χ0v) is 12.2. The number of hydrogen-bond acceptors (Lipinski definition) is 5. The number of pyridine rings is 1. The van der Waals surface area contributed by atoms with E-state index in [1.54, 1.807) is 41.2 Å². The second-order valence-corrected chi connectivity index (χ2v) is 4.14. The van der Waals surface area contributed by atoms with Crippen molar-refractivity contribution in [3.05, 3.63) is 70.5 Å². The highest BCUT2D eigenvalue weighted by molar-refractivity contribution is 5.85. The molecule has 0 aliphatic rings. The summed E-state index contributed by atoms with van der Waals surface area (Å²) in [6, 6.07) is 11.4. The maximum atomic E-state index is 11.6. The van der Waals surface area contributed by atoms with Crippen molar-refractivity contribution in [1.29, 1.82) is 0 Å². The summed E-state index contributed by atoms with van der Waals surface area (Å²) in [6.07, 6.45) is 4.80. The minimum Gasteiger partial charge on any atom is -0.856 e. The van der Waals surface area contributed by atoms with E-state index in [9.17, 15) is 15.2 Å². The fraction of sp³-hybridized carbons (Fsp3) is 0.0714. The molecule has 1 heterocycles. The fourth-order valence-corrected chi connectivity index (χ4v) is 1.61. The van der Waals surface area contributed by atoms with Gasteiger partial charge in [-0.1, -0.05) is 18.2 Å². The first-order valence-electron chi connectivity index (χ1n) is 6.10. The van der Waals surface area contributed by atoms with Gasteiger partial charge in [0.15, 0.2) is 18.9 Å². The number of nitro benzene ring substituents is 1. The average molecular weight is 321 g/mol. The van der Waals surface area contributed by atoms with Crippen LogP contribution >= 0.6 is 12.4 Å². The van der Waals surface area contributed by atoms with E-state index >= 15 is 0 Å². The molecule has 7 nitrogen and oxygen atoms in total. The quantitative estimate of drug-likeness (QED) is 0.271. The lowest BCUT2D eigenvalue weighted by molar-refractivity contribution is -0.687. The van der Waals surface area contributed by atoms with Crippen LogP contribution in [0.5, 0.6) is 0 Å². The molecule has 0 spiro atoms. The van der Waals surface area contributed by atoms with E-state index in [1.807, 2.05) is 6.07 Å². The number of non-ortho nitro benzene ring substituents is 1. The summed E-state index contributed by atoms with van der Waals surface area (Å²) in [5.41, 5.74) is 0.471. The van der Waals surface area contributed by atoms with E-state index in [1.165, 1.54) is 18.3 Å². The van der Waals surface area contributed by atoms with E-state index in [2.05, 4.69) is 10.2 Å². The number of hydrogen-bond donors (Lipinski definition) is 0. The number of halogens is 1. The second kappa shape index (κ2) is 8.48. The Hall–Kier alpha value is -2.80. The van der Waals surface area contributed by atoms with Gasteiger partial charge in [-0.15, -0.1) is 12.4 Å². The van der Waals surface area contributed by atoms with Crippen LogP contribution < -0.4 is 9.67 Å². The first-order chi connectivity index (χ1) is 10.1. The third-order valence-electron chi connectivity index (χ3n) is 2.55. The van der Waals surface area contributed by atoms with Gasteiger partial charge in [0.1, 0.15) is 0 Å². The van der Waals surface area contributed by atoms with Crippen LogP contribution in [-0.2, 0) is 6.54 Å². The van der Waals surface area contributed by atoms with Crippen LogP contribution in [0.3, 0.4) is 0 Å². The summed E-state index contributed by atoms with van der Waals surface area (Å²) in [5.74, 6) is -0.409. The van der Waals surface area contributed by atoms with Crippen molar-refractivity contribution in [3.8, 4) is 0 Å². The molecule has 0 saturated heterocycles. The van der Waals surface area contributed by atoms with Gasteiger partial charge in [0.05, 0.1) is 17.0 Å². The van der Waals surface area contributed by atoms with E-state index in [4.69, 9.17) is 0 Å². The van der Waals surface area contributed by atoms with Gasteiger partial charge in [0.2, 0.25) is 0 Å². The monoisotopic (exact) mass is 320 g/mol. The van der Waals surface area contributed by atoms with Gasteiger partial charge in [0, 0.05) is 29.8 Å². The summed E-state index contributed by atoms with van der Waals surface area (Å²) in [4.78, 5) is 10.1. The number of nitro groups is 1. The average Bonchev–Trinajstić information content (AvgIpc) is 2.48. The van der Waals surface area contributed by atoms with Crippen molar-refractivity contribution in [3.63, 3.8) is 0 Å². The summed E-state index contributed by atoms with van der Waals surface area (Å²) < 4.78 is 1.68. The van der Waals surface area contributed by atoms with E-state index < -0.39 is 10.8 Å². The summed E-state index contributed by atoms with van der Waals surface area (Å²) in [6.45, 7) is 0.0904.